The summed E-state index contributed by atoms with van der Waals surface area (Å²) in [6.07, 6.45) is 13.8. The molecule has 0 bridgehead atoms. The Hall–Kier alpha value is -6.96. The van der Waals surface area contributed by atoms with Crippen molar-refractivity contribution in [2.75, 3.05) is 27.3 Å². The molecular weight excluding hydrogens is 825 g/mol. The highest BCUT2D eigenvalue weighted by molar-refractivity contribution is 5.99. The van der Waals surface area contributed by atoms with Crippen molar-refractivity contribution >= 4 is 24.0 Å². The Morgan fingerprint density at radius 2 is 1.00 bits per heavy atom. The summed E-state index contributed by atoms with van der Waals surface area (Å²) in [6.45, 7) is 8.42. The van der Waals surface area contributed by atoms with Gasteiger partial charge >= 0.3 is 0 Å². The molecule has 0 saturated carbocycles. The van der Waals surface area contributed by atoms with Crippen molar-refractivity contribution in [1.29, 1.82) is 0 Å². The fourth-order valence-corrected chi connectivity index (χ4v) is 8.19. The second-order valence-electron chi connectivity index (χ2n) is 15.9. The highest BCUT2D eigenvalue weighted by Gasteiger charge is 2.31. The molecule has 2 aliphatic heterocycles. The number of methoxy groups -OCH3 is 2. The van der Waals surface area contributed by atoms with Crippen LogP contribution in [-0.2, 0) is 9.59 Å². The van der Waals surface area contributed by atoms with Crippen LogP contribution in [0.4, 0.5) is 17.6 Å². The lowest BCUT2D eigenvalue weighted by molar-refractivity contribution is -0.131. The Labute approximate surface area is 370 Å². The van der Waals surface area contributed by atoms with E-state index >= 15 is 0 Å². The molecule has 2 saturated heterocycles. The van der Waals surface area contributed by atoms with E-state index < -0.39 is 35.4 Å². The highest BCUT2D eigenvalue weighted by Crippen LogP contribution is 2.34. The largest absolute Gasteiger partial charge is 0.495 e. The van der Waals surface area contributed by atoms with Crippen LogP contribution in [-0.4, -0.2) is 68.0 Å². The average Bonchev–Trinajstić information content (AvgIpc) is 3.92. The van der Waals surface area contributed by atoms with Gasteiger partial charge in [-0.3, -0.25) is 9.59 Å². The molecule has 2 aromatic heterocycles. The zero-order valence-electron chi connectivity index (χ0n) is 36.6. The predicted octanol–water partition coefficient (Wildman–Crippen LogP) is 10.5. The Kier molecular flexibility index (Phi) is 13.8. The van der Waals surface area contributed by atoms with Crippen LogP contribution in [0.25, 0.3) is 23.5 Å². The molecule has 2 fully saturated rings. The third-order valence-corrected chi connectivity index (χ3v) is 11.6. The minimum atomic E-state index is -0.642. The first-order valence-electron chi connectivity index (χ1n) is 21.1. The molecule has 0 aliphatic carbocycles. The Morgan fingerprint density at radius 1 is 0.594 bits per heavy atom. The summed E-state index contributed by atoms with van der Waals surface area (Å²) < 4.78 is 70.0. The van der Waals surface area contributed by atoms with Crippen molar-refractivity contribution in [2.24, 2.45) is 0 Å². The molecule has 2 aliphatic rings. The number of benzene rings is 4. The Morgan fingerprint density at radius 3 is 1.34 bits per heavy atom. The number of halogens is 4. The van der Waals surface area contributed by atoms with Gasteiger partial charge in [0.1, 0.15) is 34.8 Å². The molecule has 14 heteroatoms. The summed E-state index contributed by atoms with van der Waals surface area (Å²) in [5.41, 5.74) is 7.11. The van der Waals surface area contributed by atoms with Crippen LogP contribution < -0.4 is 9.47 Å². The fraction of sp³-hybridized carbons (Fsp3) is 0.280. The van der Waals surface area contributed by atoms with Crippen molar-refractivity contribution < 1.29 is 36.6 Å². The van der Waals surface area contributed by atoms with Gasteiger partial charge < -0.3 is 28.4 Å². The van der Waals surface area contributed by atoms with Gasteiger partial charge in [0.05, 0.1) is 61.7 Å². The molecule has 0 radical (unpaired) electrons. The molecule has 2 atom stereocenters. The molecule has 0 spiro atoms. The van der Waals surface area contributed by atoms with Gasteiger partial charge in [-0.25, -0.2) is 27.5 Å². The van der Waals surface area contributed by atoms with Crippen LogP contribution in [0.3, 0.4) is 0 Å². The summed E-state index contributed by atoms with van der Waals surface area (Å²) in [5, 5.41) is 0. The van der Waals surface area contributed by atoms with E-state index in [9.17, 15) is 27.2 Å². The lowest BCUT2D eigenvalue weighted by atomic mass is 9.97. The molecule has 64 heavy (non-hydrogen) atoms. The van der Waals surface area contributed by atoms with Crippen LogP contribution in [0.1, 0.15) is 85.3 Å². The number of amides is 2. The van der Waals surface area contributed by atoms with Gasteiger partial charge in [0.15, 0.2) is 0 Å². The molecule has 6 aromatic rings. The van der Waals surface area contributed by atoms with Crippen molar-refractivity contribution in [3.8, 4) is 22.9 Å². The second kappa shape index (κ2) is 19.6. The number of hydrogen-bond acceptors (Lipinski definition) is 6. The molecule has 8 rings (SSSR count). The molecule has 1 unspecified atom stereocenters. The lowest BCUT2D eigenvalue weighted by Crippen LogP contribution is -2.39. The van der Waals surface area contributed by atoms with Crippen LogP contribution in [0.5, 0.6) is 11.5 Å². The number of aromatic nitrogens is 4. The van der Waals surface area contributed by atoms with Gasteiger partial charge in [-0.05, 0) is 113 Å². The summed E-state index contributed by atoms with van der Waals surface area (Å²) in [5.74, 6) is -1.49. The number of hydrogen-bond donors (Lipinski definition) is 0. The van der Waals surface area contributed by atoms with Gasteiger partial charge in [0, 0.05) is 59.9 Å². The number of carbonyl (C=O) groups excluding carboxylic acids is 2. The second-order valence-corrected chi connectivity index (χ2v) is 15.9. The molecule has 2 amide bonds. The molecular formula is C50H50F4N6O4. The van der Waals surface area contributed by atoms with E-state index in [1.807, 2.05) is 83.9 Å². The van der Waals surface area contributed by atoms with E-state index in [1.54, 1.807) is 50.5 Å². The third kappa shape index (κ3) is 9.96. The number of imidazole rings is 2. The minimum absolute atomic E-state index is 0.138. The minimum Gasteiger partial charge on any atom is -0.495 e. The van der Waals surface area contributed by atoms with Gasteiger partial charge in [0.2, 0.25) is 11.8 Å². The van der Waals surface area contributed by atoms with Crippen molar-refractivity contribution in [1.82, 2.24) is 28.9 Å². The Bertz CT molecular complexity index is 2560. The van der Waals surface area contributed by atoms with E-state index in [0.29, 0.717) is 59.7 Å². The molecule has 4 aromatic carbocycles. The number of piperidine rings is 2. The summed E-state index contributed by atoms with van der Waals surface area (Å²) in [4.78, 5) is 38.2. The number of rotatable bonds is 10. The molecule has 10 nitrogen and oxygen atoms in total. The van der Waals surface area contributed by atoms with Crippen LogP contribution >= 0.6 is 0 Å². The van der Waals surface area contributed by atoms with Gasteiger partial charge in [-0.15, -0.1) is 0 Å². The van der Waals surface area contributed by atoms with Crippen LogP contribution in [0, 0.1) is 37.1 Å². The lowest BCUT2D eigenvalue weighted by Gasteiger charge is -2.34. The van der Waals surface area contributed by atoms with Gasteiger partial charge in [-0.1, -0.05) is 24.3 Å². The quantitative estimate of drug-likeness (QED) is 0.101. The maximum atomic E-state index is 14.3. The van der Waals surface area contributed by atoms with E-state index in [-0.39, 0.29) is 11.8 Å². The summed E-state index contributed by atoms with van der Waals surface area (Å²) >= 11 is 0. The number of ether oxygens (including phenoxy) is 2. The number of nitrogens with zero attached hydrogens (tertiary/aromatic N) is 6. The molecule has 0 N–H and O–H groups in total. The van der Waals surface area contributed by atoms with Gasteiger partial charge in [0.25, 0.3) is 0 Å². The smallest absolute Gasteiger partial charge is 0.250 e. The van der Waals surface area contributed by atoms with Gasteiger partial charge in [-0.2, -0.15) is 0 Å². The fourth-order valence-electron chi connectivity index (χ4n) is 8.19. The summed E-state index contributed by atoms with van der Waals surface area (Å²) in [6, 6.07) is 17.4. The van der Waals surface area contributed by atoms with E-state index in [2.05, 4.69) is 9.97 Å². The van der Waals surface area contributed by atoms with Crippen molar-refractivity contribution in [3.05, 3.63) is 166 Å². The normalized spacial score (nSPS) is 16.5. The summed E-state index contributed by atoms with van der Waals surface area (Å²) in [7, 11) is 3.21. The molecule has 332 valence electrons. The standard InChI is InChI=1S/2C25H25F2N3O2/c2*1-16-14-29(15-28-16)23-9-6-18(12-24(23)32-3)11-19-5-4-10-30(25(19)31)17(2)21-8-7-20(26)13-22(21)27/h2*6-9,11-15,17H,4-5,10H2,1-3H3/b2*19-11+/t17-;/m1./s1. The van der Waals surface area contributed by atoms with Crippen LogP contribution in [0.15, 0.2) is 109 Å². The first-order chi connectivity index (χ1) is 30.7. The number of likely N-dealkylation sites (tertiary alicyclic amines) is 2. The van der Waals surface area contributed by atoms with E-state index in [4.69, 9.17) is 9.47 Å². The van der Waals surface area contributed by atoms with Crippen molar-refractivity contribution in [3.63, 3.8) is 0 Å². The topological polar surface area (TPSA) is 94.7 Å². The number of carbonyl (C=O) groups is 2. The van der Waals surface area contributed by atoms with E-state index in [1.165, 1.54) is 24.3 Å². The average molecular weight is 875 g/mol. The first-order valence-corrected chi connectivity index (χ1v) is 21.1. The zero-order chi connectivity index (χ0) is 45.7. The van der Waals surface area contributed by atoms with Crippen molar-refractivity contribution in [2.45, 2.75) is 65.5 Å². The third-order valence-electron chi connectivity index (χ3n) is 11.6. The Balaban J connectivity index is 0.000000191. The monoisotopic (exact) mass is 874 g/mol. The van der Waals surface area contributed by atoms with Crippen LogP contribution in [0.2, 0.25) is 0 Å². The molecule has 4 heterocycles. The first kappa shape index (κ1) is 45.1. The zero-order valence-corrected chi connectivity index (χ0v) is 36.6. The maximum absolute atomic E-state index is 14.3. The predicted molar refractivity (Wildman–Crippen MR) is 237 cm³/mol. The SMILES string of the molecule is COc1cc(/C=C2\CCCN(C(C)c3ccc(F)cc3F)C2=O)ccc1-n1cnc(C)c1.COc1cc(/C=C2\CCCN([C@H](C)c3ccc(F)cc3F)C2=O)ccc1-n1cnc(C)c1. The van der Waals surface area contributed by atoms with E-state index in [0.717, 1.165) is 58.9 Å². The highest BCUT2D eigenvalue weighted by atomic mass is 19.1. The number of aryl methyl sites for hydroxylation is 2. The maximum Gasteiger partial charge on any atom is 0.250 e.